The molecule has 0 saturated carbocycles. The third-order valence-corrected chi connectivity index (χ3v) is 6.89. The van der Waals surface area contributed by atoms with Crippen LogP contribution in [0.2, 0.25) is 5.02 Å². The molecule has 0 unspecified atom stereocenters. The maximum Gasteiger partial charge on any atom is 0.255 e. The molecule has 0 radical (unpaired) electrons. The third-order valence-electron chi connectivity index (χ3n) is 4.06. The largest absolute Gasteiger partial charge is 0.336 e. The molecular formula is C17H16BrClN2O3S. The van der Waals surface area contributed by atoms with Crippen LogP contribution in [0.4, 0.5) is 0 Å². The molecular weight excluding hydrogens is 428 g/mol. The van der Waals surface area contributed by atoms with Gasteiger partial charge in [0.05, 0.1) is 10.5 Å². The summed E-state index contributed by atoms with van der Waals surface area (Å²) in [6.07, 6.45) is 0. The summed E-state index contributed by atoms with van der Waals surface area (Å²) in [6, 6.07) is 13.4. The van der Waals surface area contributed by atoms with E-state index >= 15 is 0 Å². The van der Waals surface area contributed by atoms with Crippen molar-refractivity contribution in [1.29, 1.82) is 0 Å². The van der Waals surface area contributed by atoms with Crippen molar-refractivity contribution in [1.82, 2.24) is 9.21 Å². The van der Waals surface area contributed by atoms with Crippen LogP contribution in [-0.4, -0.2) is 49.7 Å². The van der Waals surface area contributed by atoms with Crippen LogP contribution in [0.15, 0.2) is 57.9 Å². The lowest BCUT2D eigenvalue weighted by Gasteiger charge is -2.34. The molecule has 1 fully saturated rings. The SMILES string of the molecule is O=C(c1ccccc1Br)N1CCN(S(=O)(=O)c2cccc(Cl)c2)CC1. The Morgan fingerprint density at radius 2 is 1.68 bits per heavy atom. The fraction of sp³-hybridized carbons (Fsp3) is 0.235. The Morgan fingerprint density at radius 1 is 1.00 bits per heavy atom. The van der Waals surface area contributed by atoms with E-state index in [1.165, 1.54) is 16.4 Å². The van der Waals surface area contributed by atoms with E-state index in [4.69, 9.17) is 11.6 Å². The maximum atomic E-state index is 12.7. The van der Waals surface area contributed by atoms with Crippen LogP contribution in [0.3, 0.4) is 0 Å². The molecule has 0 spiro atoms. The van der Waals surface area contributed by atoms with E-state index in [-0.39, 0.29) is 23.9 Å². The van der Waals surface area contributed by atoms with Gasteiger partial charge in [-0.3, -0.25) is 4.79 Å². The summed E-state index contributed by atoms with van der Waals surface area (Å²) >= 11 is 9.28. The second-order valence-electron chi connectivity index (χ2n) is 5.63. The first-order valence-corrected chi connectivity index (χ1v) is 10.3. The van der Waals surface area contributed by atoms with E-state index in [0.29, 0.717) is 23.7 Å². The minimum atomic E-state index is -3.60. The molecule has 0 N–H and O–H groups in total. The predicted octanol–water partition coefficient (Wildman–Crippen LogP) is 3.25. The van der Waals surface area contributed by atoms with E-state index in [0.717, 1.165) is 4.47 Å². The summed E-state index contributed by atoms with van der Waals surface area (Å²) < 4.78 is 27.5. The van der Waals surface area contributed by atoms with E-state index < -0.39 is 10.0 Å². The van der Waals surface area contributed by atoms with Crippen molar-refractivity contribution < 1.29 is 13.2 Å². The average molecular weight is 444 g/mol. The zero-order chi connectivity index (χ0) is 18.0. The van der Waals surface area contributed by atoms with E-state index in [2.05, 4.69) is 15.9 Å². The number of piperazine rings is 1. The molecule has 1 aliphatic rings. The number of benzene rings is 2. The lowest BCUT2D eigenvalue weighted by Crippen LogP contribution is -2.50. The molecule has 8 heteroatoms. The van der Waals surface area contributed by atoms with Gasteiger partial charge in [-0.15, -0.1) is 0 Å². The van der Waals surface area contributed by atoms with Crippen LogP contribution in [0.25, 0.3) is 0 Å². The van der Waals surface area contributed by atoms with Crippen LogP contribution in [0.1, 0.15) is 10.4 Å². The molecule has 3 rings (SSSR count). The van der Waals surface area contributed by atoms with Gasteiger partial charge in [0.1, 0.15) is 0 Å². The monoisotopic (exact) mass is 442 g/mol. The zero-order valence-electron chi connectivity index (χ0n) is 13.2. The minimum Gasteiger partial charge on any atom is -0.336 e. The molecule has 0 bridgehead atoms. The van der Waals surface area contributed by atoms with Crippen LogP contribution in [0.5, 0.6) is 0 Å². The Labute approximate surface area is 160 Å². The Hall–Kier alpha value is -1.41. The normalized spacial score (nSPS) is 16.0. The average Bonchev–Trinajstić information content (AvgIpc) is 2.62. The summed E-state index contributed by atoms with van der Waals surface area (Å²) in [7, 11) is -3.60. The van der Waals surface area contributed by atoms with Crippen molar-refractivity contribution in [3.63, 3.8) is 0 Å². The van der Waals surface area contributed by atoms with Crippen molar-refractivity contribution in [3.05, 3.63) is 63.6 Å². The lowest BCUT2D eigenvalue weighted by molar-refractivity contribution is 0.0697. The van der Waals surface area contributed by atoms with Gasteiger partial charge < -0.3 is 4.90 Å². The first kappa shape index (κ1) is 18.4. The first-order valence-electron chi connectivity index (χ1n) is 7.69. The number of sulfonamides is 1. The number of hydrogen-bond acceptors (Lipinski definition) is 3. The molecule has 25 heavy (non-hydrogen) atoms. The molecule has 0 aliphatic carbocycles. The molecule has 1 heterocycles. The Balaban J connectivity index is 1.72. The van der Waals surface area contributed by atoms with Crippen molar-refractivity contribution in [2.45, 2.75) is 4.90 Å². The standard InChI is InChI=1S/C17H16BrClN2O3S/c18-16-7-2-1-6-15(16)17(22)20-8-10-21(11-9-20)25(23,24)14-5-3-4-13(19)12-14/h1-7,12H,8-11H2. The Kier molecular flexibility index (Phi) is 5.48. The van der Waals surface area contributed by atoms with Gasteiger partial charge in [0, 0.05) is 35.7 Å². The Bertz CT molecular complexity index is 896. The highest BCUT2D eigenvalue weighted by atomic mass is 79.9. The molecule has 0 aromatic heterocycles. The van der Waals surface area contributed by atoms with Crippen LogP contribution >= 0.6 is 27.5 Å². The topological polar surface area (TPSA) is 57.7 Å². The highest BCUT2D eigenvalue weighted by Crippen LogP contribution is 2.22. The smallest absolute Gasteiger partial charge is 0.255 e. The Morgan fingerprint density at radius 3 is 2.32 bits per heavy atom. The van der Waals surface area contributed by atoms with E-state index in [1.54, 1.807) is 29.2 Å². The van der Waals surface area contributed by atoms with Crippen molar-refractivity contribution in [3.8, 4) is 0 Å². The second-order valence-corrected chi connectivity index (χ2v) is 8.86. The van der Waals surface area contributed by atoms with Gasteiger partial charge in [-0.25, -0.2) is 8.42 Å². The molecule has 132 valence electrons. The van der Waals surface area contributed by atoms with Gasteiger partial charge in [-0.1, -0.05) is 29.8 Å². The van der Waals surface area contributed by atoms with E-state index in [1.807, 2.05) is 12.1 Å². The van der Waals surface area contributed by atoms with Gasteiger partial charge in [0.2, 0.25) is 10.0 Å². The van der Waals surface area contributed by atoms with Crippen molar-refractivity contribution in [2.24, 2.45) is 0 Å². The number of halogens is 2. The fourth-order valence-electron chi connectivity index (χ4n) is 2.71. The van der Waals surface area contributed by atoms with Gasteiger partial charge in [0.15, 0.2) is 0 Å². The quantitative estimate of drug-likeness (QED) is 0.732. The van der Waals surface area contributed by atoms with Gasteiger partial charge in [-0.05, 0) is 46.3 Å². The predicted molar refractivity (Wildman–Crippen MR) is 100 cm³/mol. The van der Waals surface area contributed by atoms with E-state index in [9.17, 15) is 13.2 Å². The second kappa shape index (κ2) is 7.45. The molecule has 0 atom stereocenters. The molecule has 5 nitrogen and oxygen atoms in total. The summed E-state index contributed by atoms with van der Waals surface area (Å²) in [4.78, 5) is 14.4. The van der Waals surface area contributed by atoms with Crippen molar-refractivity contribution >= 4 is 43.5 Å². The minimum absolute atomic E-state index is 0.104. The first-order chi connectivity index (χ1) is 11.9. The molecule has 2 aromatic carbocycles. The number of amides is 1. The molecule has 2 aromatic rings. The van der Waals surface area contributed by atoms with Gasteiger partial charge >= 0.3 is 0 Å². The third kappa shape index (κ3) is 3.89. The van der Waals surface area contributed by atoms with Crippen LogP contribution < -0.4 is 0 Å². The molecule has 1 amide bonds. The highest BCUT2D eigenvalue weighted by Gasteiger charge is 2.30. The lowest BCUT2D eigenvalue weighted by atomic mass is 10.2. The molecule has 1 saturated heterocycles. The molecule has 1 aliphatic heterocycles. The summed E-state index contributed by atoms with van der Waals surface area (Å²) in [5.41, 5.74) is 0.577. The van der Waals surface area contributed by atoms with Crippen molar-refractivity contribution in [2.75, 3.05) is 26.2 Å². The van der Waals surface area contributed by atoms with Gasteiger partial charge in [-0.2, -0.15) is 4.31 Å². The number of nitrogens with zero attached hydrogens (tertiary/aromatic N) is 2. The zero-order valence-corrected chi connectivity index (χ0v) is 16.4. The summed E-state index contributed by atoms with van der Waals surface area (Å²) in [5.74, 6) is -0.104. The van der Waals surface area contributed by atoms with Crippen LogP contribution in [0, 0.1) is 0 Å². The number of carbonyl (C=O) groups is 1. The summed E-state index contributed by atoms with van der Waals surface area (Å²) in [6.45, 7) is 1.20. The van der Waals surface area contributed by atoms with Gasteiger partial charge in [0.25, 0.3) is 5.91 Å². The summed E-state index contributed by atoms with van der Waals surface area (Å²) in [5, 5.41) is 0.379. The highest BCUT2D eigenvalue weighted by molar-refractivity contribution is 9.10. The fourth-order valence-corrected chi connectivity index (χ4v) is 4.89. The number of carbonyl (C=O) groups excluding carboxylic acids is 1. The maximum absolute atomic E-state index is 12.7. The number of hydrogen-bond donors (Lipinski definition) is 0. The van der Waals surface area contributed by atoms with Crippen LogP contribution in [-0.2, 0) is 10.0 Å². The number of rotatable bonds is 3.